The fraction of sp³-hybridized carbons (Fsp3) is 0.316. The Morgan fingerprint density at radius 3 is 2.54 bits per heavy atom. The molecule has 0 unspecified atom stereocenters. The number of rotatable bonds is 4. The number of nitrogens with zero attached hydrogens (tertiary/aromatic N) is 2. The molecule has 0 spiro atoms. The molecular formula is C19H20N4S. The van der Waals surface area contributed by atoms with E-state index in [2.05, 4.69) is 27.8 Å². The molecule has 1 aromatic heterocycles. The number of nitriles is 1. The van der Waals surface area contributed by atoms with Gasteiger partial charge in [-0.05, 0) is 54.9 Å². The maximum atomic E-state index is 8.73. The molecule has 0 aliphatic heterocycles. The second-order valence-electron chi connectivity index (χ2n) is 6.12. The molecule has 2 N–H and O–H groups in total. The van der Waals surface area contributed by atoms with Gasteiger partial charge < -0.3 is 10.6 Å². The summed E-state index contributed by atoms with van der Waals surface area (Å²) >= 11 is 5.53. The number of thiocarbonyl (C=S) groups is 1. The Bertz CT molecular complexity index is 728. The number of hydrogen-bond acceptors (Lipinski definition) is 3. The zero-order valence-electron chi connectivity index (χ0n) is 13.5. The van der Waals surface area contributed by atoms with Gasteiger partial charge >= 0.3 is 0 Å². The van der Waals surface area contributed by atoms with Crippen molar-refractivity contribution in [2.45, 2.75) is 37.6 Å². The Hall–Kier alpha value is -2.45. The van der Waals surface area contributed by atoms with Crippen LogP contribution >= 0.6 is 12.2 Å². The lowest BCUT2D eigenvalue weighted by atomic mass is 9.93. The van der Waals surface area contributed by atoms with Crippen molar-refractivity contribution in [2.75, 3.05) is 5.32 Å². The zero-order chi connectivity index (χ0) is 16.8. The SMILES string of the molecule is N#CCc1ccc(NC(=S)NC2(c3ccccn3)CCCC2)cc1. The van der Waals surface area contributed by atoms with Gasteiger partial charge in [-0.1, -0.05) is 31.0 Å². The molecule has 4 nitrogen and oxygen atoms in total. The van der Waals surface area contributed by atoms with Crippen LogP contribution in [0.1, 0.15) is 36.9 Å². The average molecular weight is 336 g/mol. The molecule has 0 bridgehead atoms. The van der Waals surface area contributed by atoms with E-state index in [9.17, 15) is 0 Å². The third-order valence-electron chi connectivity index (χ3n) is 4.46. The van der Waals surface area contributed by atoms with Gasteiger partial charge in [-0.2, -0.15) is 5.26 Å². The van der Waals surface area contributed by atoms with Crippen molar-refractivity contribution in [2.24, 2.45) is 0 Å². The van der Waals surface area contributed by atoms with Gasteiger partial charge in [-0.3, -0.25) is 4.98 Å². The fourth-order valence-corrected chi connectivity index (χ4v) is 3.56. The highest BCUT2D eigenvalue weighted by molar-refractivity contribution is 7.80. The van der Waals surface area contributed by atoms with Crippen LogP contribution in [0.2, 0.25) is 0 Å². The maximum Gasteiger partial charge on any atom is 0.171 e. The second kappa shape index (κ2) is 7.41. The van der Waals surface area contributed by atoms with Crippen molar-refractivity contribution >= 4 is 23.0 Å². The van der Waals surface area contributed by atoms with Crippen LogP contribution in [0.5, 0.6) is 0 Å². The van der Waals surface area contributed by atoms with Gasteiger partial charge in [0.1, 0.15) is 0 Å². The van der Waals surface area contributed by atoms with E-state index in [1.807, 2.05) is 42.6 Å². The number of pyridine rings is 1. The molecule has 5 heteroatoms. The zero-order valence-corrected chi connectivity index (χ0v) is 14.3. The van der Waals surface area contributed by atoms with Gasteiger partial charge in [0, 0.05) is 11.9 Å². The molecular weight excluding hydrogens is 316 g/mol. The first-order valence-electron chi connectivity index (χ1n) is 8.18. The van der Waals surface area contributed by atoms with Gasteiger partial charge in [0.2, 0.25) is 0 Å². The number of anilines is 1. The summed E-state index contributed by atoms with van der Waals surface area (Å²) in [5, 5.41) is 16.1. The Morgan fingerprint density at radius 2 is 1.92 bits per heavy atom. The third-order valence-corrected chi connectivity index (χ3v) is 4.66. The lowest BCUT2D eigenvalue weighted by molar-refractivity contribution is 0.396. The van der Waals surface area contributed by atoms with Crippen molar-refractivity contribution in [3.63, 3.8) is 0 Å². The van der Waals surface area contributed by atoms with E-state index in [1.165, 1.54) is 12.8 Å². The minimum atomic E-state index is -0.175. The molecule has 0 radical (unpaired) electrons. The van der Waals surface area contributed by atoms with Crippen LogP contribution in [-0.4, -0.2) is 10.1 Å². The molecule has 0 atom stereocenters. The summed E-state index contributed by atoms with van der Waals surface area (Å²) in [5.41, 5.74) is 2.80. The first kappa shape index (κ1) is 16.4. The normalized spacial score (nSPS) is 15.5. The topological polar surface area (TPSA) is 60.7 Å². The number of nitrogens with one attached hydrogen (secondary N) is 2. The van der Waals surface area contributed by atoms with Crippen molar-refractivity contribution in [1.29, 1.82) is 5.26 Å². The molecule has 1 heterocycles. The number of aromatic nitrogens is 1. The van der Waals surface area contributed by atoms with E-state index in [-0.39, 0.29) is 5.54 Å². The maximum absolute atomic E-state index is 8.73. The Kier molecular flexibility index (Phi) is 5.07. The number of hydrogen-bond donors (Lipinski definition) is 2. The van der Waals surface area contributed by atoms with Crippen LogP contribution < -0.4 is 10.6 Å². The van der Waals surface area contributed by atoms with Crippen molar-refractivity contribution in [3.05, 3.63) is 59.9 Å². The first-order chi connectivity index (χ1) is 11.7. The van der Waals surface area contributed by atoms with Crippen molar-refractivity contribution in [1.82, 2.24) is 10.3 Å². The molecule has 1 aromatic carbocycles. The third kappa shape index (κ3) is 3.72. The van der Waals surface area contributed by atoms with Crippen LogP contribution in [0.25, 0.3) is 0 Å². The van der Waals surface area contributed by atoms with Crippen LogP contribution in [0.15, 0.2) is 48.7 Å². The summed E-state index contributed by atoms with van der Waals surface area (Å²) in [5.74, 6) is 0. The van der Waals surface area contributed by atoms with Crippen molar-refractivity contribution in [3.8, 4) is 6.07 Å². The molecule has 122 valence electrons. The highest BCUT2D eigenvalue weighted by atomic mass is 32.1. The van der Waals surface area contributed by atoms with Crippen LogP contribution in [-0.2, 0) is 12.0 Å². The van der Waals surface area contributed by atoms with Gasteiger partial charge in [-0.15, -0.1) is 0 Å². The largest absolute Gasteiger partial charge is 0.351 e. The summed E-state index contributed by atoms with van der Waals surface area (Å²) in [6.07, 6.45) is 6.68. The standard InChI is InChI=1S/C19H20N4S/c20-13-10-15-6-8-16(9-7-15)22-18(24)23-19(11-2-3-12-19)17-5-1-4-14-21-17/h1,4-9,14H,2-3,10-12H2,(H2,22,23,24). The molecule has 0 amide bonds. The molecule has 1 aliphatic carbocycles. The molecule has 1 fully saturated rings. The predicted octanol–water partition coefficient (Wildman–Crippen LogP) is 3.90. The Labute approximate surface area is 147 Å². The average Bonchev–Trinajstić information content (AvgIpc) is 3.07. The minimum absolute atomic E-state index is 0.175. The summed E-state index contributed by atoms with van der Waals surface area (Å²) in [4.78, 5) is 4.54. The van der Waals surface area contributed by atoms with E-state index in [1.54, 1.807) is 0 Å². The summed E-state index contributed by atoms with van der Waals surface area (Å²) in [6, 6.07) is 16.0. The molecule has 2 aromatic rings. The monoisotopic (exact) mass is 336 g/mol. The van der Waals surface area contributed by atoms with E-state index in [0.29, 0.717) is 11.5 Å². The molecule has 1 aliphatic rings. The van der Waals surface area contributed by atoms with E-state index in [4.69, 9.17) is 17.5 Å². The van der Waals surface area contributed by atoms with Crippen LogP contribution in [0.4, 0.5) is 5.69 Å². The summed E-state index contributed by atoms with van der Waals surface area (Å²) in [6.45, 7) is 0. The quantitative estimate of drug-likeness (QED) is 0.829. The van der Waals surface area contributed by atoms with Crippen molar-refractivity contribution < 1.29 is 0 Å². The Morgan fingerprint density at radius 1 is 1.17 bits per heavy atom. The molecule has 3 rings (SSSR count). The molecule has 1 saturated carbocycles. The summed E-state index contributed by atoms with van der Waals surface area (Å²) < 4.78 is 0. The van der Waals surface area contributed by atoms with E-state index >= 15 is 0 Å². The fourth-order valence-electron chi connectivity index (χ4n) is 3.25. The number of benzene rings is 1. The second-order valence-corrected chi connectivity index (χ2v) is 6.52. The summed E-state index contributed by atoms with van der Waals surface area (Å²) in [7, 11) is 0. The van der Waals surface area contributed by atoms with Gasteiger partial charge in [0.25, 0.3) is 0 Å². The highest BCUT2D eigenvalue weighted by Gasteiger charge is 2.37. The predicted molar refractivity (Wildman–Crippen MR) is 99.5 cm³/mol. The van der Waals surface area contributed by atoms with E-state index in [0.717, 1.165) is 29.8 Å². The van der Waals surface area contributed by atoms with E-state index < -0.39 is 0 Å². The molecule has 24 heavy (non-hydrogen) atoms. The lowest BCUT2D eigenvalue weighted by Gasteiger charge is -2.31. The highest BCUT2D eigenvalue weighted by Crippen LogP contribution is 2.37. The minimum Gasteiger partial charge on any atom is -0.351 e. The molecule has 0 saturated heterocycles. The van der Waals surface area contributed by atoms with Crippen LogP contribution in [0.3, 0.4) is 0 Å². The smallest absolute Gasteiger partial charge is 0.171 e. The van der Waals surface area contributed by atoms with Gasteiger partial charge in [-0.25, -0.2) is 0 Å². The van der Waals surface area contributed by atoms with Gasteiger partial charge in [0.15, 0.2) is 5.11 Å². The van der Waals surface area contributed by atoms with Gasteiger partial charge in [0.05, 0.1) is 23.7 Å². The lowest BCUT2D eigenvalue weighted by Crippen LogP contribution is -2.46. The first-order valence-corrected chi connectivity index (χ1v) is 8.59. The Balaban J connectivity index is 1.69. The van der Waals surface area contributed by atoms with Crippen LogP contribution in [0, 0.1) is 11.3 Å².